The lowest BCUT2D eigenvalue weighted by atomic mass is 10.1. The smallest absolute Gasteiger partial charge is 0.293 e. The molecular formula is C26H22BrNO4S. The largest absolute Gasteiger partial charge is 0.493 e. The summed E-state index contributed by atoms with van der Waals surface area (Å²) in [6.07, 6.45) is 1.70. The Hall–Kier alpha value is -3.03. The minimum atomic E-state index is -0.302. The molecule has 1 aliphatic heterocycles. The molecule has 0 unspecified atom stereocenters. The van der Waals surface area contributed by atoms with Crippen LogP contribution in [0.1, 0.15) is 22.3 Å². The van der Waals surface area contributed by atoms with Crippen molar-refractivity contribution in [3.05, 3.63) is 98.4 Å². The number of ether oxygens (including phenoxy) is 2. The van der Waals surface area contributed by atoms with E-state index >= 15 is 0 Å². The fourth-order valence-electron chi connectivity index (χ4n) is 3.44. The van der Waals surface area contributed by atoms with Crippen LogP contribution in [0.5, 0.6) is 11.5 Å². The third-order valence-electron chi connectivity index (χ3n) is 5.24. The van der Waals surface area contributed by atoms with E-state index in [0.29, 0.717) is 27.5 Å². The molecule has 0 atom stereocenters. The zero-order chi connectivity index (χ0) is 23.4. The lowest BCUT2D eigenvalue weighted by molar-refractivity contribution is -0.123. The van der Waals surface area contributed by atoms with Crippen molar-refractivity contribution in [2.45, 2.75) is 20.1 Å². The zero-order valence-electron chi connectivity index (χ0n) is 18.2. The summed E-state index contributed by atoms with van der Waals surface area (Å²) < 4.78 is 12.3. The first-order chi connectivity index (χ1) is 16.0. The van der Waals surface area contributed by atoms with Crippen molar-refractivity contribution in [2.24, 2.45) is 0 Å². The molecule has 3 aromatic rings. The van der Waals surface area contributed by atoms with E-state index in [0.717, 1.165) is 34.0 Å². The zero-order valence-corrected chi connectivity index (χ0v) is 20.6. The summed E-state index contributed by atoms with van der Waals surface area (Å²) in [7, 11) is 1.57. The van der Waals surface area contributed by atoms with Crippen molar-refractivity contribution in [3.8, 4) is 11.5 Å². The summed E-state index contributed by atoms with van der Waals surface area (Å²) >= 11 is 4.50. The Kier molecular flexibility index (Phi) is 7.20. The van der Waals surface area contributed by atoms with Gasteiger partial charge in [-0.15, -0.1) is 0 Å². The van der Waals surface area contributed by atoms with Gasteiger partial charge in [-0.05, 0) is 75.1 Å². The predicted octanol–water partition coefficient (Wildman–Crippen LogP) is 6.58. The number of methoxy groups -OCH3 is 1. The van der Waals surface area contributed by atoms with Crippen molar-refractivity contribution in [2.75, 3.05) is 7.11 Å². The molecule has 168 valence electrons. The van der Waals surface area contributed by atoms with E-state index in [1.54, 1.807) is 19.3 Å². The SMILES string of the molecule is COc1cc(/C=C2\SC(=O)N(Cc3ccccc3)C2=O)cc(Br)c1OCc1ccccc1C. The first kappa shape index (κ1) is 23.1. The standard InChI is InChI=1S/C26H22BrNO4S/c1-17-8-6-7-11-20(17)16-32-24-21(27)12-19(13-22(24)31-2)14-23-25(29)28(26(30)33-23)15-18-9-4-3-5-10-18/h3-14H,15-16H2,1-2H3/b23-14-. The number of thioether (sulfide) groups is 1. The molecule has 1 saturated heterocycles. The van der Waals surface area contributed by atoms with Crippen molar-refractivity contribution >= 4 is 44.9 Å². The second-order valence-corrected chi connectivity index (χ2v) is 9.35. The molecule has 0 N–H and O–H groups in total. The first-order valence-electron chi connectivity index (χ1n) is 10.3. The lowest BCUT2D eigenvalue weighted by Crippen LogP contribution is -2.27. The normalized spacial score (nSPS) is 14.8. The molecule has 1 heterocycles. The summed E-state index contributed by atoms with van der Waals surface area (Å²) in [4.78, 5) is 27.0. The molecule has 4 rings (SSSR count). The molecule has 0 saturated carbocycles. The molecular weight excluding hydrogens is 502 g/mol. The minimum absolute atomic E-state index is 0.252. The predicted molar refractivity (Wildman–Crippen MR) is 134 cm³/mol. The topological polar surface area (TPSA) is 55.8 Å². The number of aryl methyl sites for hydroxylation is 1. The maximum Gasteiger partial charge on any atom is 0.293 e. The summed E-state index contributed by atoms with van der Waals surface area (Å²) in [6, 6.07) is 21.1. The molecule has 3 aromatic carbocycles. The Morgan fingerprint density at radius 2 is 1.76 bits per heavy atom. The fraction of sp³-hybridized carbons (Fsp3) is 0.154. The van der Waals surface area contributed by atoms with E-state index in [4.69, 9.17) is 9.47 Å². The van der Waals surface area contributed by atoms with Crippen LogP contribution in [0.2, 0.25) is 0 Å². The third-order valence-corrected chi connectivity index (χ3v) is 6.74. The van der Waals surface area contributed by atoms with Gasteiger partial charge in [0.1, 0.15) is 6.61 Å². The summed E-state index contributed by atoms with van der Waals surface area (Å²) in [5, 5.41) is -0.278. The number of carbonyl (C=O) groups is 2. The summed E-state index contributed by atoms with van der Waals surface area (Å²) in [6.45, 7) is 2.69. The molecule has 2 amide bonds. The van der Waals surface area contributed by atoms with E-state index in [-0.39, 0.29) is 17.7 Å². The summed E-state index contributed by atoms with van der Waals surface area (Å²) in [5.74, 6) is 0.812. The molecule has 0 aliphatic carbocycles. The van der Waals surface area contributed by atoms with Gasteiger partial charge in [-0.3, -0.25) is 14.5 Å². The van der Waals surface area contributed by atoms with E-state index in [2.05, 4.69) is 15.9 Å². The van der Waals surface area contributed by atoms with Gasteiger partial charge < -0.3 is 9.47 Å². The van der Waals surface area contributed by atoms with E-state index in [1.807, 2.05) is 67.6 Å². The quantitative estimate of drug-likeness (QED) is 0.327. The van der Waals surface area contributed by atoms with E-state index < -0.39 is 0 Å². The lowest BCUT2D eigenvalue weighted by Gasteiger charge is -2.15. The van der Waals surface area contributed by atoms with Crippen molar-refractivity contribution in [1.82, 2.24) is 4.90 Å². The highest BCUT2D eigenvalue weighted by Crippen LogP contribution is 2.39. The highest BCUT2D eigenvalue weighted by Gasteiger charge is 2.35. The molecule has 0 aromatic heterocycles. The van der Waals surface area contributed by atoms with Crippen LogP contribution in [0.15, 0.2) is 76.1 Å². The number of benzene rings is 3. The molecule has 33 heavy (non-hydrogen) atoms. The van der Waals surface area contributed by atoms with Crippen LogP contribution in [0.3, 0.4) is 0 Å². The Morgan fingerprint density at radius 1 is 1.03 bits per heavy atom. The maximum absolute atomic E-state index is 12.9. The first-order valence-corrected chi connectivity index (χ1v) is 11.9. The average Bonchev–Trinajstić information content (AvgIpc) is 3.07. The monoisotopic (exact) mass is 523 g/mol. The highest BCUT2D eigenvalue weighted by molar-refractivity contribution is 9.10. The van der Waals surface area contributed by atoms with Crippen LogP contribution in [-0.2, 0) is 17.9 Å². The van der Waals surface area contributed by atoms with Crippen LogP contribution in [-0.4, -0.2) is 23.2 Å². The number of hydrogen-bond donors (Lipinski definition) is 0. The van der Waals surface area contributed by atoms with Gasteiger partial charge in [0.25, 0.3) is 11.1 Å². The molecule has 0 spiro atoms. The number of carbonyl (C=O) groups excluding carboxylic acids is 2. The Labute approximate surface area is 205 Å². The number of nitrogens with zero attached hydrogens (tertiary/aromatic N) is 1. The van der Waals surface area contributed by atoms with Crippen LogP contribution in [0.4, 0.5) is 4.79 Å². The number of halogens is 1. The number of rotatable bonds is 7. The van der Waals surface area contributed by atoms with Crippen LogP contribution < -0.4 is 9.47 Å². The second kappa shape index (κ2) is 10.3. The Morgan fingerprint density at radius 3 is 2.48 bits per heavy atom. The highest BCUT2D eigenvalue weighted by atomic mass is 79.9. The maximum atomic E-state index is 12.9. The van der Waals surface area contributed by atoms with Crippen molar-refractivity contribution in [1.29, 1.82) is 0 Å². The Bertz CT molecular complexity index is 1230. The van der Waals surface area contributed by atoms with E-state index in [1.165, 1.54) is 4.90 Å². The molecule has 5 nitrogen and oxygen atoms in total. The number of hydrogen-bond acceptors (Lipinski definition) is 5. The van der Waals surface area contributed by atoms with Crippen LogP contribution >= 0.6 is 27.7 Å². The van der Waals surface area contributed by atoms with E-state index in [9.17, 15) is 9.59 Å². The van der Waals surface area contributed by atoms with Gasteiger partial charge >= 0.3 is 0 Å². The molecule has 0 bridgehead atoms. The number of imide groups is 1. The third kappa shape index (κ3) is 5.31. The fourth-order valence-corrected chi connectivity index (χ4v) is 4.85. The van der Waals surface area contributed by atoms with Crippen LogP contribution in [0.25, 0.3) is 6.08 Å². The molecule has 1 aliphatic rings. The van der Waals surface area contributed by atoms with Crippen molar-refractivity contribution < 1.29 is 19.1 Å². The van der Waals surface area contributed by atoms with Gasteiger partial charge in [0, 0.05) is 0 Å². The van der Waals surface area contributed by atoms with Gasteiger partial charge in [-0.25, -0.2) is 0 Å². The van der Waals surface area contributed by atoms with Crippen LogP contribution in [0, 0.1) is 6.92 Å². The molecule has 0 radical (unpaired) electrons. The van der Waals surface area contributed by atoms with Gasteiger partial charge in [0.15, 0.2) is 11.5 Å². The van der Waals surface area contributed by atoms with Gasteiger partial charge in [0.2, 0.25) is 0 Å². The average molecular weight is 524 g/mol. The summed E-state index contributed by atoms with van der Waals surface area (Å²) in [5.41, 5.74) is 3.87. The second-order valence-electron chi connectivity index (χ2n) is 7.50. The number of amides is 2. The Balaban J connectivity index is 1.54. The molecule has 1 fully saturated rings. The minimum Gasteiger partial charge on any atom is -0.493 e. The molecule has 7 heteroatoms. The van der Waals surface area contributed by atoms with Gasteiger partial charge in [0.05, 0.1) is 23.0 Å². The van der Waals surface area contributed by atoms with Crippen molar-refractivity contribution in [3.63, 3.8) is 0 Å². The van der Waals surface area contributed by atoms with Gasteiger partial charge in [-0.1, -0.05) is 54.6 Å². The van der Waals surface area contributed by atoms with Gasteiger partial charge in [-0.2, -0.15) is 0 Å².